The number of aliphatic hydroxyl groups excluding tert-OH is 1. The molecule has 1 atom stereocenters. The van der Waals surface area contributed by atoms with Gasteiger partial charge in [0.1, 0.15) is 12.4 Å². The van der Waals surface area contributed by atoms with Gasteiger partial charge >= 0.3 is 0 Å². The van der Waals surface area contributed by atoms with Gasteiger partial charge in [0.25, 0.3) is 0 Å². The number of aliphatic hydroxyl groups is 1. The van der Waals surface area contributed by atoms with Crippen LogP contribution in [0.25, 0.3) is 0 Å². The van der Waals surface area contributed by atoms with E-state index >= 15 is 0 Å². The summed E-state index contributed by atoms with van der Waals surface area (Å²) in [6, 6.07) is 11.4. The topological polar surface area (TPSA) is 42.4 Å². The molecule has 2 aromatic rings. The highest BCUT2D eigenvalue weighted by Crippen LogP contribution is 2.20. The van der Waals surface area contributed by atoms with Crippen LogP contribution < -0.4 is 4.74 Å². The predicted octanol–water partition coefficient (Wildman–Crippen LogP) is 3.10. The van der Waals surface area contributed by atoms with Gasteiger partial charge in [-0.15, -0.1) is 0 Å². The Morgan fingerprint density at radius 2 is 2.00 bits per heavy atom. The molecule has 0 aliphatic heterocycles. The molecule has 3 heteroatoms. The molecule has 18 heavy (non-hydrogen) atoms. The third kappa shape index (κ3) is 3.31. The van der Waals surface area contributed by atoms with Gasteiger partial charge < -0.3 is 9.84 Å². The van der Waals surface area contributed by atoms with Crippen LogP contribution in [-0.4, -0.2) is 10.1 Å². The molecule has 1 heterocycles. The third-order valence-corrected chi connectivity index (χ3v) is 2.78. The molecule has 2 rings (SSSR count). The summed E-state index contributed by atoms with van der Waals surface area (Å²) in [6.07, 6.45) is 3.85. The van der Waals surface area contributed by atoms with E-state index in [2.05, 4.69) is 4.98 Å². The van der Waals surface area contributed by atoms with Crippen molar-refractivity contribution in [2.24, 2.45) is 0 Å². The second-order valence-corrected chi connectivity index (χ2v) is 4.14. The van der Waals surface area contributed by atoms with Gasteiger partial charge in [0.2, 0.25) is 0 Å². The minimum Gasteiger partial charge on any atom is -0.489 e. The summed E-state index contributed by atoms with van der Waals surface area (Å²) in [5.41, 5.74) is 1.96. The molecule has 0 aliphatic rings. The number of ether oxygens (including phenoxy) is 1. The van der Waals surface area contributed by atoms with E-state index in [1.165, 1.54) is 0 Å². The number of nitrogens with zero attached hydrogens (tertiary/aromatic N) is 1. The Balaban J connectivity index is 1.94. The van der Waals surface area contributed by atoms with E-state index in [0.717, 1.165) is 23.3 Å². The number of hydrogen-bond acceptors (Lipinski definition) is 3. The fraction of sp³-hybridized carbons (Fsp3) is 0.267. The highest BCUT2D eigenvalue weighted by molar-refractivity contribution is 5.28. The van der Waals surface area contributed by atoms with Crippen LogP contribution in [0.1, 0.15) is 30.6 Å². The minimum atomic E-state index is -0.391. The number of aromatic nitrogens is 1. The lowest BCUT2D eigenvalue weighted by Crippen LogP contribution is -1.97. The van der Waals surface area contributed by atoms with Crippen LogP contribution in [0.4, 0.5) is 0 Å². The number of rotatable bonds is 5. The zero-order valence-corrected chi connectivity index (χ0v) is 10.4. The first-order chi connectivity index (χ1) is 8.79. The van der Waals surface area contributed by atoms with Crippen molar-refractivity contribution in [3.05, 3.63) is 59.9 Å². The molecular weight excluding hydrogens is 226 g/mol. The first-order valence-corrected chi connectivity index (χ1v) is 6.09. The lowest BCUT2D eigenvalue weighted by Gasteiger charge is -2.10. The first kappa shape index (κ1) is 12.6. The summed E-state index contributed by atoms with van der Waals surface area (Å²) in [6.45, 7) is 2.46. The fourth-order valence-corrected chi connectivity index (χ4v) is 1.67. The quantitative estimate of drug-likeness (QED) is 0.877. The van der Waals surface area contributed by atoms with Crippen molar-refractivity contribution in [1.82, 2.24) is 4.98 Å². The lowest BCUT2D eigenvalue weighted by molar-refractivity contribution is 0.173. The maximum atomic E-state index is 9.68. The summed E-state index contributed by atoms with van der Waals surface area (Å²) < 4.78 is 5.64. The van der Waals surface area contributed by atoms with E-state index in [4.69, 9.17) is 4.74 Å². The molecule has 0 bridgehead atoms. The molecule has 0 fully saturated rings. The summed E-state index contributed by atoms with van der Waals surface area (Å²) in [5.74, 6) is 0.797. The van der Waals surface area contributed by atoms with Gasteiger partial charge in [-0.25, -0.2) is 0 Å². The van der Waals surface area contributed by atoms with E-state index in [-0.39, 0.29) is 0 Å². The smallest absolute Gasteiger partial charge is 0.119 e. The standard InChI is InChI=1S/C15H17NO2/c1-2-15(17)13-5-7-14(8-6-13)18-11-12-4-3-9-16-10-12/h3-10,15,17H,2,11H2,1H3/t15-/m0/s1. The molecule has 0 unspecified atom stereocenters. The van der Waals surface area contributed by atoms with E-state index in [1.54, 1.807) is 12.4 Å². The van der Waals surface area contributed by atoms with E-state index in [0.29, 0.717) is 6.61 Å². The van der Waals surface area contributed by atoms with Crippen LogP contribution in [-0.2, 0) is 6.61 Å². The van der Waals surface area contributed by atoms with Crippen LogP contribution >= 0.6 is 0 Å². The number of pyridine rings is 1. The zero-order chi connectivity index (χ0) is 12.8. The Hall–Kier alpha value is -1.87. The first-order valence-electron chi connectivity index (χ1n) is 6.09. The summed E-state index contributed by atoms with van der Waals surface area (Å²) >= 11 is 0. The average molecular weight is 243 g/mol. The van der Waals surface area contributed by atoms with Crippen LogP contribution in [0.2, 0.25) is 0 Å². The largest absolute Gasteiger partial charge is 0.489 e. The van der Waals surface area contributed by atoms with Gasteiger partial charge in [0.15, 0.2) is 0 Å². The van der Waals surface area contributed by atoms with Crippen molar-refractivity contribution in [1.29, 1.82) is 0 Å². The second-order valence-electron chi connectivity index (χ2n) is 4.14. The Morgan fingerprint density at radius 3 is 2.61 bits per heavy atom. The van der Waals surface area contributed by atoms with E-state index in [9.17, 15) is 5.11 Å². The Labute approximate surface area is 107 Å². The van der Waals surface area contributed by atoms with Crippen LogP contribution in [0.15, 0.2) is 48.8 Å². The molecule has 0 aliphatic carbocycles. The molecular formula is C15H17NO2. The normalized spacial score (nSPS) is 12.1. The van der Waals surface area contributed by atoms with Gasteiger partial charge in [0, 0.05) is 18.0 Å². The predicted molar refractivity (Wildman–Crippen MR) is 70.3 cm³/mol. The summed E-state index contributed by atoms with van der Waals surface area (Å²) in [5, 5.41) is 9.68. The maximum Gasteiger partial charge on any atom is 0.119 e. The molecule has 0 amide bonds. The monoisotopic (exact) mass is 243 g/mol. The zero-order valence-electron chi connectivity index (χ0n) is 10.4. The minimum absolute atomic E-state index is 0.391. The number of hydrogen-bond donors (Lipinski definition) is 1. The second kappa shape index (κ2) is 6.17. The molecule has 94 valence electrons. The molecule has 1 aromatic carbocycles. The van der Waals surface area contributed by atoms with E-state index in [1.807, 2.05) is 43.3 Å². The van der Waals surface area contributed by atoms with E-state index < -0.39 is 6.10 Å². The van der Waals surface area contributed by atoms with Crippen molar-refractivity contribution in [2.75, 3.05) is 0 Å². The Bertz CT molecular complexity index is 468. The van der Waals surface area contributed by atoms with Gasteiger partial charge in [-0.1, -0.05) is 25.1 Å². The fourth-order valence-electron chi connectivity index (χ4n) is 1.67. The average Bonchev–Trinajstić information content (AvgIpc) is 2.46. The summed E-state index contributed by atoms with van der Waals surface area (Å²) in [4.78, 5) is 4.03. The maximum absolute atomic E-state index is 9.68. The van der Waals surface area contributed by atoms with Gasteiger partial charge in [0.05, 0.1) is 6.10 Å². The lowest BCUT2D eigenvalue weighted by atomic mass is 10.1. The van der Waals surface area contributed by atoms with Gasteiger partial charge in [-0.3, -0.25) is 4.98 Å². The Morgan fingerprint density at radius 1 is 1.22 bits per heavy atom. The molecule has 0 spiro atoms. The SMILES string of the molecule is CC[C@H](O)c1ccc(OCc2cccnc2)cc1. The van der Waals surface area contributed by atoms with Crippen LogP contribution in [0.3, 0.4) is 0 Å². The summed E-state index contributed by atoms with van der Waals surface area (Å²) in [7, 11) is 0. The van der Waals surface area contributed by atoms with Gasteiger partial charge in [-0.05, 0) is 30.2 Å². The molecule has 0 saturated heterocycles. The van der Waals surface area contributed by atoms with Crippen molar-refractivity contribution in [2.45, 2.75) is 26.1 Å². The molecule has 3 nitrogen and oxygen atoms in total. The third-order valence-electron chi connectivity index (χ3n) is 2.78. The van der Waals surface area contributed by atoms with Crippen LogP contribution in [0.5, 0.6) is 5.75 Å². The number of benzene rings is 1. The highest BCUT2D eigenvalue weighted by Gasteiger charge is 2.04. The highest BCUT2D eigenvalue weighted by atomic mass is 16.5. The molecule has 0 saturated carbocycles. The van der Waals surface area contributed by atoms with Crippen molar-refractivity contribution >= 4 is 0 Å². The van der Waals surface area contributed by atoms with Crippen molar-refractivity contribution in [3.63, 3.8) is 0 Å². The van der Waals surface area contributed by atoms with Crippen molar-refractivity contribution < 1.29 is 9.84 Å². The molecule has 0 radical (unpaired) electrons. The Kier molecular flexibility index (Phi) is 4.31. The van der Waals surface area contributed by atoms with Crippen LogP contribution in [0, 0.1) is 0 Å². The molecule has 1 aromatic heterocycles. The van der Waals surface area contributed by atoms with Crippen molar-refractivity contribution in [3.8, 4) is 5.75 Å². The van der Waals surface area contributed by atoms with Gasteiger partial charge in [-0.2, -0.15) is 0 Å². The molecule has 1 N–H and O–H groups in total.